The number of rotatable bonds is 2. The molecule has 3 rings (SSSR count). The van der Waals surface area contributed by atoms with E-state index in [0.29, 0.717) is 11.4 Å². The average Bonchev–Trinajstić information content (AvgIpc) is 2.55. The molecule has 0 unspecified atom stereocenters. The van der Waals surface area contributed by atoms with E-state index >= 15 is 0 Å². The molecule has 0 aliphatic heterocycles. The van der Waals surface area contributed by atoms with E-state index in [9.17, 15) is 0 Å². The van der Waals surface area contributed by atoms with Gasteiger partial charge in [0.1, 0.15) is 10.3 Å². The summed E-state index contributed by atoms with van der Waals surface area (Å²) in [5, 5.41) is 9.62. The van der Waals surface area contributed by atoms with Crippen molar-refractivity contribution in [3.05, 3.63) is 22.3 Å². The highest BCUT2D eigenvalue weighted by Crippen LogP contribution is 2.32. The third-order valence-electron chi connectivity index (χ3n) is 3.80. The van der Waals surface area contributed by atoms with Gasteiger partial charge in [0.2, 0.25) is 0 Å². The Kier molecular flexibility index (Phi) is 3.44. The minimum atomic E-state index is 0.547. The highest BCUT2D eigenvalue weighted by Gasteiger charge is 2.17. The molecule has 4 heteroatoms. The summed E-state index contributed by atoms with van der Waals surface area (Å²) in [7, 11) is 0. The Hall–Kier alpha value is -1.16. The maximum atomic E-state index is 8.49. The van der Waals surface area contributed by atoms with Crippen molar-refractivity contribution in [1.29, 1.82) is 5.41 Å². The number of hydrogen-bond acceptors (Lipinski definition) is 3. The largest absolute Gasteiger partial charge is 0.317 e. The summed E-state index contributed by atoms with van der Waals surface area (Å²) in [6.07, 6.45) is 8.04. The molecule has 0 spiro atoms. The van der Waals surface area contributed by atoms with Crippen molar-refractivity contribution in [3.8, 4) is 0 Å². The molecule has 0 aromatic carbocycles. The fourth-order valence-electron chi connectivity index (χ4n) is 2.92. The van der Waals surface area contributed by atoms with Gasteiger partial charge >= 0.3 is 0 Å². The highest BCUT2D eigenvalue weighted by molar-refractivity contribution is 7.18. The lowest BCUT2D eigenvalue weighted by Crippen LogP contribution is -2.23. The molecule has 0 saturated carbocycles. The van der Waals surface area contributed by atoms with Gasteiger partial charge in [-0.2, -0.15) is 0 Å². The molecule has 0 fully saturated rings. The van der Waals surface area contributed by atoms with Crippen LogP contribution in [0.3, 0.4) is 0 Å². The molecule has 0 radical (unpaired) electrons. The number of hydrogen-bond donors (Lipinski definition) is 1. The van der Waals surface area contributed by atoms with Crippen LogP contribution in [0.5, 0.6) is 0 Å². The SMILES string of the molecule is CC(C)Cn1cnc2sc3c(c2c1=N)CCCCC3. The summed E-state index contributed by atoms with van der Waals surface area (Å²) >= 11 is 1.81. The Bertz CT molecular complexity index is 651. The van der Waals surface area contributed by atoms with Crippen molar-refractivity contribution in [2.45, 2.75) is 52.5 Å². The first-order chi connectivity index (χ1) is 9.16. The van der Waals surface area contributed by atoms with Crippen LogP contribution < -0.4 is 5.49 Å². The third-order valence-corrected chi connectivity index (χ3v) is 5.00. The van der Waals surface area contributed by atoms with Crippen molar-refractivity contribution in [2.24, 2.45) is 5.92 Å². The molecule has 102 valence electrons. The van der Waals surface area contributed by atoms with E-state index in [1.807, 2.05) is 22.2 Å². The van der Waals surface area contributed by atoms with E-state index in [1.165, 1.54) is 36.1 Å². The van der Waals surface area contributed by atoms with Crippen LogP contribution in [0.4, 0.5) is 0 Å². The summed E-state index contributed by atoms with van der Waals surface area (Å²) in [4.78, 5) is 7.14. The molecule has 0 atom stereocenters. The molecular weight excluding hydrogens is 254 g/mol. The summed E-state index contributed by atoms with van der Waals surface area (Å²) < 4.78 is 2.00. The molecule has 2 aromatic heterocycles. The monoisotopic (exact) mass is 275 g/mol. The van der Waals surface area contributed by atoms with E-state index < -0.39 is 0 Å². The summed E-state index contributed by atoms with van der Waals surface area (Å²) in [5.74, 6) is 0.547. The van der Waals surface area contributed by atoms with Crippen LogP contribution in [0.2, 0.25) is 0 Å². The maximum absolute atomic E-state index is 8.49. The van der Waals surface area contributed by atoms with Crippen molar-refractivity contribution >= 4 is 21.6 Å². The van der Waals surface area contributed by atoms with Crippen LogP contribution in [0.25, 0.3) is 10.2 Å². The lowest BCUT2D eigenvalue weighted by Gasteiger charge is -2.10. The zero-order chi connectivity index (χ0) is 13.4. The lowest BCUT2D eigenvalue weighted by atomic mass is 10.1. The predicted octanol–water partition coefficient (Wildman–Crippen LogP) is 3.50. The Balaban J connectivity index is 2.18. The smallest absolute Gasteiger partial charge is 0.136 e. The molecule has 1 N–H and O–H groups in total. The minimum absolute atomic E-state index is 0.547. The van der Waals surface area contributed by atoms with E-state index in [-0.39, 0.29) is 0 Å². The van der Waals surface area contributed by atoms with E-state index in [4.69, 9.17) is 5.41 Å². The van der Waals surface area contributed by atoms with Gasteiger partial charge in [0.05, 0.1) is 11.7 Å². The maximum Gasteiger partial charge on any atom is 0.136 e. The third kappa shape index (κ3) is 2.34. The van der Waals surface area contributed by atoms with Gasteiger partial charge in [-0.05, 0) is 37.2 Å². The molecular formula is C15H21N3S. The minimum Gasteiger partial charge on any atom is -0.317 e. The van der Waals surface area contributed by atoms with Crippen LogP contribution in [-0.4, -0.2) is 9.55 Å². The van der Waals surface area contributed by atoms with E-state index in [0.717, 1.165) is 23.2 Å². The fourth-order valence-corrected chi connectivity index (χ4v) is 4.15. The Labute approximate surface area is 117 Å². The number of aromatic nitrogens is 2. The van der Waals surface area contributed by atoms with Crippen molar-refractivity contribution in [3.63, 3.8) is 0 Å². The van der Waals surface area contributed by atoms with E-state index in [2.05, 4.69) is 18.8 Å². The average molecular weight is 275 g/mol. The normalized spacial score (nSPS) is 15.7. The molecule has 0 bridgehead atoms. The Morgan fingerprint density at radius 2 is 2.11 bits per heavy atom. The first-order valence-electron chi connectivity index (χ1n) is 7.21. The van der Waals surface area contributed by atoms with Gasteiger partial charge in [-0.1, -0.05) is 20.3 Å². The first-order valence-corrected chi connectivity index (χ1v) is 8.02. The molecule has 2 aromatic rings. The standard InChI is InChI=1S/C15H21N3S/c1-10(2)8-18-9-17-15-13(14(18)16)11-6-4-3-5-7-12(11)19-15/h9-10,16H,3-8H2,1-2H3. The summed E-state index contributed by atoms with van der Waals surface area (Å²) in [6.45, 7) is 5.25. The number of aryl methyl sites for hydroxylation is 2. The molecule has 0 saturated heterocycles. The van der Waals surface area contributed by atoms with Gasteiger partial charge in [-0.25, -0.2) is 4.98 Å². The molecule has 2 heterocycles. The summed E-state index contributed by atoms with van der Waals surface area (Å²) in [5.41, 5.74) is 2.09. The summed E-state index contributed by atoms with van der Waals surface area (Å²) in [6, 6.07) is 0. The van der Waals surface area contributed by atoms with Gasteiger partial charge in [0, 0.05) is 11.4 Å². The van der Waals surface area contributed by atoms with Crippen molar-refractivity contribution in [2.75, 3.05) is 0 Å². The van der Waals surface area contributed by atoms with Gasteiger partial charge in [0.25, 0.3) is 0 Å². The second-order valence-electron chi connectivity index (χ2n) is 5.88. The van der Waals surface area contributed by atoms with E-state index in [1.54, 1.807) is 0 Å². The fraction of sp³-hybridized carbons (Fsp3) is 0.600. The van der Waals surface area contributed by atoms with Gasteiger partial charge in [-0.15, -0.1) is 11.3 Å². The molecule has 3 nitrogen and oxygen atoms in total. The number of nitrogens with one attached hydrogen (secondary N) is 1. The molecule has 0 amide bonds. The molecule has 1 aliphatic carbocycles. The quantitative estimate of drug-likeness (QED) is 0.837. The zero-order valence-electron chi connectivity index (χ0n) is 11.7. The van der Waals surface area contributed by atoms with Crippen LogP contribution in [0.15, 0.2) is 6.33 Å². The Morgan fingerprint density at radius 1 is 1.32 bits per heavy atom. The Morgan fingerprint density at radius 3 is 2.89 bits per heavy atom. The van der Waals surface area contributed by atoms with Crippen LogP contribution in [0, 0.1) is 11.3 Å². The first kappa shape index (κ1) is 12.9. The second-order valence-corrected chi connectivity index (χ2v) is 6.97. The number of thiophene rings is 1. The zero-order valence-corrected chi connectivity index (χ0v) is 12.5. The number of fused-ring (bicyclic) bond motifs is 3. The van der Waals surface area contributed by atoms with Crippen molar-refractivity contribution < 1.29 is 0 Å². The van der Waals surface area contributed by atoms with Crippen LogP contribution in [0.1, 0.15) is 43.6 Å². The highest BCUT2D eigenvalue weighted by atomic mass is 32.1. The molecule has 19 heavy (non-hydrogen) atoms. The van der Waals surface area contributed by atoms with Gasteiger partial charge < -0.3 is 4.57 Å². The lowest BCUT2D eigenvalue weighted by molar-refractivity contribution is 0.502. The topological polar surface area (TPSA) is 41.7 Å². The van der Waals surface area contributed by atoms with Gasteiger partial charge in [-0.3, -0.25) is 5.41 Å². The number of nitrogens with zero attached hydrogens (tertiary/aromatic N) is 2. The van der Waals surface area contributed by atoms with Crippen LogP contribution in [-0.2, 0) is 19.4 Å². The van der Waals surface area contributed by atoms with Gasteiger partial charge in [0.15, 0.2) is 0 Å². The second kappa shape index (κ2) is 5.08. The predicted molar refractivity (Wildman–Crippen MR) is 79.6 cm³/mol. The molecule has 1 aliphatic rings. The van der Waals surface area contributed by atoms with Crippen molar-refractivity contribution in [1.82, 2.24) is 9.55 Å². The van der Waals surface area contributed by atoms with Crippen LogP contribution >= 0.6 is 11.3 Å².